The van der Waals surface area contributed by atoms with Gasteiger partial charge in [-0.3, -0.25) is 0 Å². The second kappa shape index (κ2) is 5.69. The van der Waals surface area contributed by atoms with Crippen LogP contribution in [0.5, 0.6) is 0 Å². The molecule has 21 heavy (non-hydrogen) atoms. The molecule has 1 heterocycles. The van der Waals surface area contributed by atoms with Crippen molar-refractivity contribution in [3.8, 4) is 0 Å². The molecule has 0 aliphatic heterocycles. The van der Waals surface area contributed by atoms with Gasteiger partial charge in [0.25, 0.3) is 0 Å². The van der Waals surface area contributed by atoms with Crippen molar-refractivity contribution in [1.82, 2.24) is 9.88 Å². The quantitative estimate of drug-likeness (QED) is 0.853. The van der Waals surface area contributed by atoms with Gasteiger partial charge < -0.3 is 15.3 Å². The Hall–Kier alpha value is -2.14. The molecule has 1 aromatic carbocycles. The zero-order chi connectivity index (χ0) is 14.8. The number of hydrogen-bond donors (Lipinski definition) is 2. The number of pyridine rings is 1. The van der Waals surface area contributed by atoms with Crippen molar-refractivity contribution in [2.24, 2.45) is 0 Å². The largest absolute Gasteiger partial charge is 0.478 e. The summed E-state index contributed by atoms with van der Waals surface area (Å²) in [4.78, 5) is 18.2. The van der Waals surface area contributed by atoms with Crippen LogP contribution >= 0.6 is 0 Å². The van der Waals surface area contributed by atoms with Gasteiger partial charge in [0.15, 0.2) is 0 Å². The lowest BCUT2D eigenvalue weighted by Gasteiger charge is -2.16. The summed E-state index contributed by atoms with van der Waals surface area (Å²) < 4.78 is 0. The van der Waals surface area contributed by atoms with Crippen LogP contribution in [0.15, 0.2) is 30.3 Å². The molecule has 2 aromatic rings. The van der Waals surface area contributed by atoms with Crippen molar-refractivity contribution >= 4 is 22.7 Å². The molecule has 1 aromatic heterocycles. The van der Waals surface area contributed by atoms with E-state index in [4.69, 9.17) is 0 Å². The molecule has 5 heteroatoms. The van der Waals surface area contributed by atoms with Crippen LogP contribution in [0, 0.1) is 0 Å². The van der Waals surface area contributed by atoms with Gasteiger partial charge in [0.1, 0.15) is 5.82 Å². The first-order valence-electron chi connectivity index (χ1n) is 7.22. The van der Waals surface area contributed by atoms with Gasteiger partial charge in [-0.2, -0.15) is 0 Å². The highest BCUT2D eigenvalue weighted by Crippen LogP contribution is 2.25. The number of rotatable bonds is 6. The molecule has 2 N–H and O–H groups in total. The minimum Gasteiger partial charge on any atom is -0.478 e. The van der Waals surface area contributed by atoms with Gasteiger partial charge in [-0.25, -0.2) is 9.78 Å². The number of carboxylic acid groups (broad SMARTS) is 1. The molecule has 0 amide bonds. The minimum atomic E-state index is -0.924. The molecule has 1 saturated carbocycles. The number of nitrogens with one attached hydrogen (secondary N) is 1. The van der Waals surface area contributed by atoms with E-state index in [1.165, 1.54) is 12.8 Å². The third-order valence-corrected chi connectivity index (χ3v) is 3.89. The molecule has 3 rings (SSSR count). The first-order valence-corrected chi connectivity index (χ1v) is 7.22. The third-order valence-electron chi connectivity index (χ3n) is 3.89. The smallest absolute Gasteiger partial charge is 0.336 e. The van der Waals surface area contributed by atoms with Crippen LogP contribution in [0.4, 0.5) is 5.82 Å². The fraction of sp³-hybridized carbons (Fsp3) is 0.375. The first kappa shape index (κ1) is 13.8. The van der Waals surface area contributed by atoms with Crippen molar-refractivity contribution in [1.29, 1.82) is 0 Å². The number of carbonyl (C=O) groups is 1. The Balaban J connectivity index is 1.76. The van der Waals surface area contributed by atoms with E-state index in [-0.39, 0.29) is 0 Å². The van der Waals surface area contributed by atoms with E-state index in [2.05, 4.69) is 22.2 Å². The number of likely N-dealkylation sites (N-methyl/N-ethyl adjacent to an activating group) is 1. The van der Waals surface area contributed by atoms with E-state index in [1.807, 2.05) is 18.2 Å². The van der Waals surface area contributed by atoms with Crippen LogP contribution < -0.4 is 5.32 Å². The van der Waals surface area contributed by atoms with Gasteiger partial charge in [-0.05, 0) is 32.0 Å². The average molecular weight is 285 g/mol. The molecule has 0 spiro atoms. The van der Waals surface area contributed by atoms with Crippen LogP contribution in [0.3, 0.4) is 0 Å². The Morgan fingerprint density at radius 3 is 2.90 bits per heavy atom. The molecule has 1 aliphatic carbocycles. The fourth-order valence-corrected chi connectivity index (χ4v) is 2.50. The zero-order valence-corrected chi connectivity index (χ0v) is 12.0. The summed E-state index contributed by atoms with van der Waals surface area (Å²) in [6.45, 7) is 1.69. The zero-order valence-electron chi connectivity index (χ0n) is 12.0. The van der Waals surface area contributed by atoms with Crippen molar-refractivity contribution in [3.63, 3.8) is 0 Å². The summed E-state index contributed by atoms with van der Waals surface area (Å²) in [6.07, 6.45) is 2.57. The molecule has 5 nitrogen and oxygen atoms in total. The maximum absolute atomic E-state index is 11.4. The number of benzene rings is 1. The highest BCUT2D eigenvalue weighted by molar-refractivity contribution is 6.03. The Kier molecular flexibility index (Phi) is 3.75. The summed E-state index contributed by atoms with van der Waals surface area (Å²) in [6, 6.07) is 9.66. The van der Waals surface area contributed by atoms with E-state index in [1.54, 1.807) is 12.1 Å². The maximum atomic E-state index is 11.4. The van der Waals surface area contributed by atoms with Crippen molar-refractivity contribution < 1.29 is 9.90 Å². The van der Waals surface area contributed by atoms with Crippen LogP contribution in [0.25, 0.3) is 10.9 Å². The first-order chi connectivity index (χ1) is 10.1. The predicted molar refractivity (Wildman–Crippen MR) is 82.8 cm³/mol. The fourth-order valence-electron chi connectivity index (χ4n) is 2.50. The number of carboxylic acids is 1. The summed E-state index contributed by atoms with van der Waals surface area (Å²) >= 11 is 0. The van der Waals surface area contributed by atoms with Gasteiger partial charge >= 0.3 is 5.97 Å². The van der Waals surface area contributed by atoms with Crippen molar-refractivity contribution in [2.45, 2.75) is 18.9 Å². The van der Waals surface area contributed by atoms with E-state index in [0.717, 1.165) is 19.1 Å². The summed E-state index contributed by atoms with van der Waals surface area (Å²) in [5, 5.41) is 13.2. The van der Waals surface area contributed by atoms with Gasteiger partial charge in [0.05, 0.1) is 11.1 Å². The number of para-hydroxylation sites is 1. The molecule has 0 bridgehead atoms. The number of anilines is 1. The highest BCUT2D eigenvalue weighted by atomic mass is 16.4. The number of aromatic carboxylic acids is 1. The second-order valence-corrected chi connectivity index (χ2v) is 5.52. The average Bonchev–Trinajstić information content (AvgIpc) is 3.30. The van der Waals surface area contributed by atoms with E-state index < -0.39 is 5.97 Å². The number of nitrogens with zero attached hydrogens (tertiary/aromatic N) is 2. The number of fused-ring (bicyclic) bond motifs is 1. The molecular weight excluding hydrogens is 266 g/mol. The molecule has 0 unspecified atom stereocenters. The number of aromatic nitrogens is 1. The Morgan fingerprint density at radius 2 is 2.19 bits per heavy atom. The Bertz CT molecular complexity index is 668. The van der Waals surface area contributed by atoms with Gasteiger partial charge in [0, 0.05) is 24.5 Å². The van der Waals surface area contributed by atoms with Crippen molar-refractivity contribution in [3.05, 3.63) is 35.9 Å². The minimum absolute atomic E-state index is 0.290. The van der Waals surface area contributed by atoms with Crippen LogP contribution in [0.2, 0.25) is 0 Å². The lowest BCUT2D eigenvalue weighted by Crippen LogP contribution is -2.27. The van der Waals surface area contributed by atoms with Crippen LogP contribution in [-0.2, 0) is 0 Å². The predicted octanol–water partition coefficient (Wildman–Crippen LogP) is 2.44. The summed E-state index contributed by atoms with van der Waals surface area (Å²) in [7, 11) is 2.12. The topological polar surface area (TPSA) is 65.5 Å². The molecule has 0 radical (unpaired) electrons. The van der Waals surface area contributed by atoms with Gasteiger partial charge in [-0.1, -0.05) is 18.2 Å². The van der Waals surface area contributed by atoms with Gasteiger partial charge in [-0.15, -0.1) is 0 Å². The molecule has 0 atom stereocenters. The van der Waals surface area contributed by atoms with E-state index >= 15 is 0 Å². The summed E-state index contributed by atoms with van der Waals surface area (Å²) in [5.74, 6) is -0.304. The highest BCUT2D eigenvalue weighted by Gasteiger charge is 2.25. The van der Waals surface area contributed by atoms with Crippen LogP contribution in [0.1, 0.15) is 23.2 Å². The monoisotopic (exact) mass is 285 g/mol. The number of hydrogen-bond acceptors (Lipinski definition) is 4. The molecule has 0 saturated heterocycles. The van der Waals surface area contributed by atoms with E-state index in [9.17, 15) is 9.90 Å². The SMILES string of the molecule is CN(CCNc1cc(C(=O)O)c2ccccc2n1)C1CC1. The van der Waals surface area contributed by atoms with Crippen LogP contribution in [-0.4, -0.2) is 47.1 Å². The Labute approximate surface area is 123 Å². The van der Waals surface area contributed by atoms with Gasteiger partial charge in [0.2, 0.25) is 0 Å². The molecule has 110 valence electrons. The Morgan fingerprint density at radius 1 is 1.43 bits per heavy atom. The molecule has 1 aliphatic rings. The lowest BCUT2D eigenvalue weighted by molar-refractivity contribution is 0.0699. The van der Waals surface area contributed by atoms with Crippen molar-refractivity contribution in [2.75, 3.05) is 25.5 Å². The standard InChI is InChI=1S/C16H19N3O2/c1-19(11-6-7-11)9-8-17-15-10-13(16(20)21)12-4-2-3-5-14(12)18-15/h2-5,10-11H,6-9H2,1H3,(H,17,18)(H,20,21). The van der Waals surface area contributed by atoms with E-state index in [0.29, 0.717) is 22.3 Å². The maximum Gasteiger partial charge on any atom is 0.336 e. The normalized spacial score (nSPS) is 14.6. The summed E-state index contributed by atoms with van der Waals surface area (Å²) in [5.41, 5.74) is 0.995. The molecular formula is C16H19N3O2. The third kappa shape index (κ3) is 3.13. The lowest BCUT2D eigenvalue weighted by atomic mass is 10.1. The molecule has 1 fully saturated rings. The second-order valence-electron chi connectivity index (χ2n) is 5.52.